The van der Waals surface area contributed by atoms with Crippen LogP contribution in [0.15, 0.2) is 46.2 Å². The molecule has 0 aromatic carbocycles. The van der Waals surface area contributed by atoms with Crippen LogP contribution in [0.2, 0.25) is 0 Å². The topological polar surface area (TPSA) is 96.4 Å². The van der Waals surface area contributed by atoms with Crippen LogP contribution >= 0.6 is 11.3 Å². The second kappa shape index (κ2) is 7.49. The van der Waals surface area contributed by atoms with Crippen LogP contribution in [0.25, 0.3) is 0 Å². The second-order valence-electron chi connectivity index (χ2n) is 4.78. The summed E-state index contributed by atoms with van der Waals surface area (Å²) in [6.45, 7) is 0.215. The fraction of sp³-hybridized carbons (Fsp3) is 0.308. The molecule has 0 aliphatic heterocycles. The molecule has 0 spiro atoms. The van der Waals surface area contributed by atoms with Gasteiger partial charge in [0.05, 0.1) is 6.26 Å². The van der Waals surface area contributed by atoms with Gasteiger partial charge in [-0.05, 0) is 29.1 Å². The van der Waals surface area contributed by atoms with Crippen LogP contribution in [-0.4, -0.2) is 45.5 Å². The van der Waals surface area contributed by atoms with Crippen LogP contribution in [0.5, 0.6) is 0 Å². The summed E-state index contributed by atoms with van der Waals surface area (Å²) in [7, 11) is -7.05. The quantitative estimate of drug-likeness (QED) is 0.739. The molecule has 7 nitrogen and oxygen atoms in total. The summed E-state index contributed by atoms with van der Waals surface area (Å²) in [4.78, 5) is 3.88. The second-order valence-corrected chi connectivity index (χ2v) is 9.71. The van der Waals surface area contributed by atoms with E-state index in [4.69, 9.17) is 0 Å². The van der Waals surface area contributed by atoms with Crippen molar-refractivity contribution in [3.8, 4) is 0 Å². The Morgan fingerprint density at radius 2 is 1.87 bits per heavy atom. The average molecular weight is 375 g/mol. The maximum atomic E-state index is 12.0. The molecule has 0 atom stereocenters. The van der Waals surface area contributed by atoms with Crippen molar-refractivity contribution in [1.29, 1.82) is 0 Å². The predicted octanol–water partition coefficient (Wildman–Crippen LogP) is 0.883. The van der Waals surface area contributed by atoms with Crippen LogP contribution in [0.3, 0.4) is 0 Å². The van der Waals surface area contributed by atoms with Crippen molar-refractivity contribution in [3.63, 3.8) is 0 Å². The van der Waals surface area contributed by atoms with Gasteiger partial charge in [-0.3, -0.25) is 4.98 Å². The first-order chi connectivity index (χ1) is 10.8. The lowest BCUT2D eigenvalue weighted by Gasteiger charge is -2.20. The van der Waals surface area contributed by atoms with Gasteiger partial charge in [-0.1, -0.05) is 6.07 Å². The highest BCUT2D eigenvalue weighted by molar-refractivity contribution is 7.91. The number of pyridine rings is 1. The zero-order chi connectivity index (χ0) is 16.9. The molecule has 2 heterocycles. The number of rotatable bonds is 8. The molecule has 1 N–H and O–H groups in total. The molecular formula is C13H17N3O4S3. The van der Waals surface area contributed by atoms with Crippen molar-refractivity contribution in [1.82, 2.24) is 14.0 Å². The van der Waals surface area contributed by atoms with Crippen LogP contribution < -0.4 is 4.72 Å². The molecule has 0 aliphatic rings. The van der Waals surface area contributed by atoms with E-state index in [0.717, 1.165) is 23.2 Å². The van der Waals surface area contributed by atoms with Gasteiger partial charge in [-0.25, -0.2) is 21.6 Å². The summed E-state index contributed by atoms with van der Waals surface area (Å²) in [5, 5.41) is 1.67. The van der Waals surface area contributed by atoms with Gasteiger partial charge in [-0.15, -0.1) is 11.3 Å². The van der Waals surface area contributed by atoms with E-state index in [1.165, 1.54) is 10.4 Å². The van der Waals surface area contributed by atoms with Crippen LogP contribution in [-0.2, 0) is 26.6 Å². The van der Waals surface area contributed by atoms with Gasteiger partial charge < -0.3 is 0 Å². The first-order valence-corrected chi connectivity index (χ1v) is 10.9. The van der Waals surface area contributed by atoms with Crippen molar-refractivity contribution in [2.75, 3.05) is 19.3 Å². The van der Waals surface area contributed by atoms with E-state index in [1.54, 1.807) is 36.0 Å². The number of nitrogens with zero attached hydrogens (tertiary/aromatic N) is 2. The number of sulfonamides is 2. The highest BCUT2D eigenvalue weighted by atomic mass is 32.2. The SMILES string of the molecule is CS(=O)(=O)N(CCNS(=O)(=O)c1cccs1)Cc1ccncc1. The zero-order valence-electron chi connectivity index (χ0n) is 12.4. The van der Waals surface area contributed by atoms with E-state index < -0.39 is 20.0 Å². The lowest BCUT2D eigenvalue weighted by atomic mass is 10.3. The third-order valence-electron chi connectivity index (χ3n) is 2.99. The summed E-state index contributed by atoms with van der Waals surface area (Å²) < 4.78 is 51.6. The number of nitrogens with one attached hydrogen (secondary N) is 1. The van der Waals surface area contributed by atoms with E-state index >= 15 is 0 Å². The Labute approximate surface area is 140 Å². The Morgan fingerprint density at radius 1 is 1.17 bits per heavy atom. The van der Waals surface area contributed by atoms with Gasteiger partial charge in [0, 0.05) is 32.0 Å². The Morgan fingerprint density at radius 3 is 2.43 bits per heavy atom. The number of aromatic nitrogens is 1. The highest BCUT2D eigenvalue weighted by Crippen LogP contribution is 2.15. The molecule has 2 rings (SSSR count). The maximum absolute atomic E-state index is 12.0. The van der Waals surface area contributed by atoms with Gasteiger partial charge in [0.2, 0.25) is 20.0 Å². The number of hydrogen-bond acceptors (Lipinski definition) is 6. The lowest BCUT2D eigenvalue weighted by Crippen LogP contribution is -2.37. The van der Waals surface area contributed by atoms with E-state index in [1.807, 2.05) is 0 Å². The molecule has 0 unspecified atom stereocenters. The lowest BCUT2D eigenvalue weighted by molar-refractivity contribution is 0.412. The molecule has 0 amide bonds. The summed E-state index contributed by atoms with van der Waals surface area (Å²) in [5.74, 6) is 0. The van der Waals surface area contributed by atoms with Crippen molar-refractivity contribution in [3.05, 3.63) is 47.6 Å². The first kappa shape index (κ1) is 18.0. The Balaban J connectivity index is 2.00. The fourth-order valence-electron chi connectivity index (χ4n) is 1.85. The largest absolute Gasteiger partial charge is 0.265 e. The molecule has 0 bridgehead atoms. The number of hydrogen-bond donors (Lipinski definition) is 1. The van der Waals surface area contributed by atoms with E-state index in [-0.39, 0.29) is 23.8 Å². The molecular weight excluding hydrogens is 358 g/mol. The first-order valence-electron chi connectivity index (χ1n) is 6.66. The van der Waals surface area contributed by atoms with Crippen molar-refractivity contribution < 1.29 is 16.8 Å². The highest BCUT2D eigenvalue weighted by Gasteiger charge is 2.19. The molecule has 0 fully saturated rings. The standard InChI is InChI=1S/C13H17N3O4S3/c1-22(17,18)16(11-12-4-6-14-7-5-12)9-8-15-23(19,20)13-3-2-10-21-13/h2-7,10,15H,8-9,11H2,1H3. The molecule has 23 heavy (non-hydrogen) atoms. The molecule has 126 valence electrons. The minimum absolute atomic E-state index is 0.00160. The molecule has 0 aliphatic carbocycles. The predicted molar refractivity (Wildman–Crippen MR) is 89.0 cm³/mol. The normalized spacial score (nSPS) is 12.6. The van der Waals surface area contributed by atoms with Crippen molar-refractivity contribution in [2.45, 2.75) is 10.8 Å². The van der Waals surface area contributed by atoms with Gasteiger partial charge >= 0.3 is 0 Å². The monoisotopic (exact) mass is 375 g/mol. The van der Waals surface area contributed by atoms with E-state index in [2.05, 4.69) is 9.71 Å². The summed E-state index contributed by atoms with van der Waals surface area (Å²) >= 11 is 1.11. The van der Waals surface area contributed by atoms with Crippen LogP contribution in [0.1, 0.15) is 5.56 Å². The smallest absolute Gasteiger partial charge is 0.250 e. The summed E-state index contributed by atoms with van der Waals surface area (Å²) in [5.41, 5.74) is 0.784. The Bertz CT molecular complexity index is 819. The van der Waals surface area contributed by atoms with E-state index in [0.29, 0.717) is 0 Å². The average Bonchev–Trinajstić information content (AvgIpc) is 3.01. The van der Waals surface area contributed by atoms with Gasteiger partial charge in [0.25, 0.3) is 0 Å². The molecule has 10 heteroatoms. The van der Waals surface area contributed by atoms with Crippen LogP contribution in [0, 0.1) is 0 Å². The molecule has 0 saturated heterocycles. The van der Waals surface area contributed by atoms with Gasteiger partial charge in [0.15, 0.2) is 0 Å². The Hall–Kier alpha value is -1.33. The maximum Gasteiger partial charge on any atom is 0.250 e. The molecule has 2 aromatic rings. The summed E-state index contributed by atoms with van der Waals surface area (Å²) in [6, 6.07) is 6.58. The molecule has 2 aromatic heterocycles. The summed E-state index contributed by atoms with van der Waals surface area (Å²) in [6.07, 6.45) is 4.26. The third kappa shape index (κ3) is 5.36. The van der Waals surface area contributed by atoms with Crippen molar-refractivity contribution in [2.24, 2.45) is 0 Å². The van der Waals surface area contributed by atoms with Crippen molar-refractivity contribution >= 4 is 31.4 Å². The zero-order valence-corrected chi connectivity index (χ0v) is 14.9. The van der Waals surface area contributed by atoms with Crippen LogP contribution in [0.4, 0.5) is 0 Å². The minimum Gasteiger partial charge on any atom is -0.265 e. The minimum atomic E-state index is -3.59. The van der Waals surface area contributed by atoms with Gasteiger partial charge in [0.1, 0.15) is 4.21 Å². The van der Waals surface area contributed by atoms with E-state index in [9.17, 15) is 16.8 Å². The number of thiophene rings is 1. The fourth-order valence-corrected chi connectivity index (χ4v) is 4.71. The molecule has 0 radical (unpaired) electrons. The van der Waals surface area contributed by atoms with Gasteiger partial charge in [-0.2, -0.15) is 4.31 Å². The molecule has 0 saturated carbocycles. The Kier molecular flexibility index (Phi) is 5.87. The third-order valence-corrected chi connectivity index (χ3v) is 7.10.